The van der Waals surface area contributed by atoms with E-state index in [4.69, 9.17) is 9.47 Å². The van der Waals surface area contributed by atoms with Gasteiger partial charge in [-0.05, 0) is 31.9 Å². The molecule has 2 N–H and O–H groups in total. The number of hydrogen-bond acceptors (Lipinski definition) is 4. The fourth-order valence-electron chi connectivity index (χ4n) is 3.47. The lowest BCUT2D eigenvalue weighted by molar-refractivity contribution is -0.00874. The van der Waals surface area contributed by atoms with Crippen LogP contribution in [0.5, 0.6) is 5.75 Å². The van der Waals surface area contributed by atoms with Crippen LogP contribution in [0.15, 0.2) is 24.3 Å². The molecule has 25 heavy (non-hydrogen) atoms. The molecule has 1 saturated carbocycles. The summed E-state index contributed by atoms with van der Waals surface area (Å²) in [5.41, 5.74) is 1.09. The van der Waals surface area contributed by atoms with Gasteiger partial charge in [-0.15, -0.1) is 0 Å². The number of benzene rings is 1. The highest BCUT2D eigenvalue weighted by Crippen LogP contribution is 2.44. The second kappa shape index (κ2) is 7.62. The zero-order valence-corrected chi connectivity index (χ0v) is 15.4. The number of urea groups is 1. The summed E-state index contributed by atoms with van der Waals surface area (Å²) < 4.78 is 10.8. The Morgan fingerprint density at radius 3 is 2.76 bits per heavy atom. The van der Waals surface area contributed by atoms with Crippen molar-refractivity contribution in [2.75, 3.05) is 40.0 Å². The highest BCUT2D eigenvalue weighted by atomic mass is 16.5. The lowest BCUT2D eigenvalue weighted by Gasteiger charge is -2.40. The molecule has 2 amide bonds. The van der Waals surface area contributed by atoms with Crippen LogP contribution in [-0.2, 0) is 4.74 Å². The van der Waals surface area contributed by atoms with E-state index in [-0.39, 0.29) is 17.6 Å². The Labute approximate surface area is 149 Å². The number of hydrogen-bond donors (Lipinski definition) is 2. The first-order valence-electron chi connectivity index (χ1n) is 9.01. The van der Waals surface area contributed by atoms with E-state index in [2.05, 4.69) is 35.4 Å². The molecule has 6 heteroatoms. The van der Waals surface area contributed by atoms with Crippen molar-refractivity contribution in [3.63, 3.8) is 0 Å². The Balaban J connectivity index is 1.46. The fraction of sp³-hybridized carbons (Fsp3) is 0.632. The topological polar surface area (TPSA) is 62.8 Å². The average Bonchev–Trinajstić information content (AvgIpc) is 3.39. The zero-order valence-electron chi connectivity index (χ0n) is 15.4. The van der Waals surface area contributed by atoms with Crippen LogP contribution in [0.4, 0.5) is 4.79 Å². The molecule has 1 saturated heterocycles. The second-order valence-electron chi connectivity index (χ2n) is 7.43. The van der Waals surface area contributed by atoms with Gasteiger partial charge in [0.15, 0.2) is 0 Å². The highest BCUT2D eigenvalue weighted by molar-refractivity contribution is 5.75. The number of carbonyl (C=O) groups excluding carboxylic acids is 1. The molecular formula is C19H29N3O3. The van der Waals surface area contributed by atoms with E-state index in [1.807, 2.05) is 18.2 Å². The van der Waals surface area contributed by atoms with Crippen LogP contribution in [-0.4, -0.2) is 62.5 Å². The molecule has 1 aromatic rings. The molecule has 3 rings (SSSR count). The molecule has 0 spiro atoms. The minimum absolute atomic E-state index is 0.0767. The van der Waals surface area contributed by atoms with Gasteiger partial charge in [-0.3, -0.25) is 4.90 Å². The minimum Gasteiger partial charge on any atom is -0.496 e. The second-order valence-corrected chi connectivity index (χ2v) is 7.43. The Morgan fingerprint density at radius 1 is 1.32 bits per heavy atom. The molecule has 2 atom stereocenters. The molecule has 0 bridgehead atoms. The number of amides is 2. The molecule has 0 aromatic heterocycles. The van der Waals surface area contributed by atoms with Gasteiger partial charge in [0.05, 0.1) is 20.3 Å². The molecule has 1 heterocycles. The van der Waals surface area contributed by atoms with Crippen LogP contribution in [0.2, 0.25) is 0 Å². The third-order valence-electron chi connectivity index (χ3n) is 5.19. The van der Waals surface area contributed by atoms with Crippen LogP contribution in [0.25, 0.3) is 0 Å². The molecule has 0 unspecified atom stereocenters. The predicted molar refractivity (Wildman–Crippen MR) is 97.1 cm³/mol. The summed E-state index contributed by atoms with van der Waals surface area (Å²) >= 11 is 0. The van der Waals surface area contributed by atoms with Gasteiger partial charge in [0.1, 0.15) is 5.75 Å². The van der Waals surface area contributed by atoms with Crippen molar-refractivity contribution in [2.24, 2.45) is 0 Å². The Kier molecular flexibility index (Phi) is 5.49. The molecule has 1 aromatic carbocycles. The molecule has 138 valence electrons. The third kappa shape index (κ3) is 4.44. The number of rotatable bonds is 6. The maximum atomic E-state index is 12.3. The normalized spacial score (nSPS) is 23.8. The number of morpholine rings is 1. The Hall–Kier alpha value is -1.79. The van der Waals surface area contributed by atoms with Crippen LogP contribution in [0.3, 0.4) is 0 Å². The van der Waals surface area contributed by atoms with Gasteiger partial charge in [-0.1, -0.05) is 18.2 Å². The van der Waals surface area contributed by atoms with Gasteiger partial charge >= 0.3 is 6.03 Å². The standard InChI is InChI=1S/C19H29N3O3/c1-19(2,22-8-10-25-11-9-22)13-20-18(23)21-16-12-15(16)14-6-4-5-7-17(14)24-3/h4-7,15-16H,8-13H2,1-3H3,(H2,20,21,23)/t15-,16-/m1/s1. The summed E-state index contributed by atoms with van der Waals surface area (Å²) in [5, 5.41) is 6.11. The number of carbonyl (C=O) groups is 1. The molecule has 2 fully saturated rings. The summed E-state index contributed by atoms with van der Waals surface area (Å²) in [6, 6.07) is 8.11. The van der Waals surface area contributed by atoms with E-state index in [1.54, 1.807) is 7.11 Å². The quantitative estimate of drug-likeness (QED) is 0.826. The first-order chi connectivity index (χ1) is 12.0. The smallest absolute Gasteiger partial charge is 0.315 e. The maximum Gasteiger partial charge on any atom is 0.315 e. The molecule has 0 radical (unpaired) electrons. The molecule has 2 aliphatic rings. The summed E-state index contributed by atoms with van der Waals surface area (Å²) in [5.74, 6) is 1.24. The maximum absolute atomic E-state index is 12.3. The Bertz CT molecular complexity index is 599. The van der Waals surface area contributed by atoms with Crippen molar-refractivity contribution in [1.29, 1.82) is 0 Å². The van der Waals surface area contributed by atoms with Crippen molar-refractivity contribution >= 4 is 6.03 Å². The number of methoxy groups -OCH3 is 1. The van der Waals surface area contributed by atoms with Crippen molar-refractivity contribution in [1.82, 2.24) is 15.5 Å². The van der Waals surface area contributed by atoms with Gasteiger partial charge < -0.3 is 20.1 Å². The fourth-order valence-corrected chi connectivity index (χ4v) is 3.47. The largest absolute Gasteiger partial charge is 0.496 e. The van der Waals surface area contributed by atoms with E-state index in [1.165, 1.54) is 5.56 Å². The number of nitrogens with zero attached hydrogens (tertiary/aromatic N) is 1. The molecular weight excluding hydrogens is 318 g/mol. The first kappa shape index (κ1) is 18.0. The van der Waals surface area contributed by atoms with E-state index in [0.29, 0.717) is 12.5 Å². The van der Waals surface area contributed by atoms with Crippen molar-refractivity contribution < 1.29 is 14.3 Å². The number of ether oxygens (including phenoxy) is 2. The van der Waals surface area contributed by atoms with Crippen molar-refractivity contribution in [2.45, 2.75) is 37.8 Å². The summed E-state index contributed by atoms with van der Waals surface area (Å²) in [7, 11) is 1.68. The third-order valence-corrected chi connectivity index (χ3v) is 5.19. The first-order valence-corrected chi connectivity index (χ1v) is 9.01. The molecule has 1 aliphatic carbocycles. The summed E-state index contributed by atoms with van der Waals surface area (Å²) in [4.78, 5) is 14.6. The van der Waals surface area contributed by atoms with Crippen LogP contribution < -0.4 is 15.4 Å². The van der Waals surface area contributed by atoms with Gasteiger partial charge in [-0.2, -0.15) is 0 Å². The van der Waals surface area contributed by atoms with Gasteiger partial charge in [-0.25, -0.2) is 4.79 Å². The summed E-state index contributed by atoms with van der Waals surface area (Å²) in [6.07, 6.45) is 0.959. The van der Waals surface area contributed by atoms with E-state index in [0.717, 1.165) is 38.5 Å². The zero-order chi connectivity index (χ0) is 17.9. The van der Waals surface area contributed by atoms with Crippen molar-refractivity contribution in [3.05, 3.63) is 29.8 Å². The molecule has 6 nitrogen and oxygen atoms in total. The SMILES string of the molecule is COc1ccccc1[C@H]1C[C@H]1NC(=O)NCC(C)(C)N1CCOCC1. The summed E-state index contributed by atoms with van der Waals surface area (Å²) in [6.45, 7) is 8.28. The monoisotopic (exact) mass is 347 g/mol. The van der Waals surface area contributed by atoms with Crippen LogP contribution in [0, 0.1) is 0 Å². The lowest BCUT2D eigenvalue weighted by Crippen LogP contribution is -2.56. The van der Waals surface area contributed by atoms with Gasteiger partial charge in [0, 0.05) is 37.1 Å². The van der Waals surface area contributed by atoms with Crippen LogP contribution in [0.1, 0.15) is 31.7 Å². The van der Waals surface area contributed by atoms with Crippen LogP contribution >= 0.6 is 0 Å². The van der Waals surface area contributed by atoms with Crippen molar-refractivity contribution in [3.8, 4) is 5.75 Å². The highest BCUT2D eigenvalue weighted by Gasteiger charge is 2.41. The molecule has 1 aliphatic heterocycles. The Morgan fingerprint density at radius 2 is 2.04 bits per heavy atom. The van der Waals surface area contributed by atoms with Gasteiger partial charge in [0.2, 0.25) is 0 Å². The average molecular weight is 347 g/mol. The van der Waals surface area contributed by atoms with E-state index >= 15 is 0 Å². The van der Waals surface area contributed by atoms with E-state index in [9.17, 15) is 4.79 Å². The lowest BCUT2D eigenvalue weighted by atomic mass is 10.0. The minimum atomic E-state index is -0.0938. The number of nitrogens with one attached hydrogen (secondary N) is 2. The number of para-hydroxylation sites is 1. The van der Waals surface area contributed by atoms with Gasteiger partial charge in [0.25, 0.3) is 0 Å². The predicted octanol–water partition coefficient (Wildman–Crippen LogP) is 1.96. The van der Waals surface area contributed by atoms with E-state index < -0.39 is 0 Å².